The summed E-state index contributed by atoms with van der Waals surface area (Å²) >= 11 is 1.78. The number of rotatable bonds is 4. The van der Waals surface area contributed by atoms with E-state index in [2.05, 4.69) is 29.0 Å². The van der Waals surface area contributed by atoms with E-state index < -0.39 is 0 Å². The van der Waals surface area contributed by atoms with E-state index in [1.54, 1.807) is 11.3 Å². The first-order valence-electron chi connectivity index (χ1n) is 6.29. The highest BCUT2D eigenvalue weighted by Crippen LogP contribution is 2.16. The average Bonchev–Trinajstić information content (AvgIpc) is 2.76. The van der Waals surface area contributed by atoms with Crippen LogP contribution in [0.2, 0.25) is 0 Å². The van der Waals surface area contributed by atoms with E-state index in [1.165, 1.54) is 10.4 Å². The van der Waals surface area contributed by atoms with E-state index in [0.29, 0.717) is 0 Å². The van der Waals surface area contributed by atoms with Gasteiger partial charge in [-0.15, -0.1) is 11.3 Å². The van der Waals surface area contributed by atoms with Gasteiger partial charge in [0.2, 0.25) is 5.91 Å². The van der Waals surface area contributed by atoms with Gasteiger partial charge in [0, 0.05) is 17.3 Å². The van der Waals surface area contributed by atoms with Crippen molar-refractivity contribution in [2.24, 2.45) is 5.92 Å². The second-order valence-electron chi connectivity index (χ2n) is 4.59. The van der Waals surface area contributed by atoms with Crippen LogP contribution in [-0.2, 0) is 11.2 Å². The third kappa shape index (κ3) is 3.54. The third-order valence-corrected chi connectivity index (χ3v) is 4.41. The Morgan fingerprint density at radius 3 is 2.94 bits per heavy atom. The predicted molar refractivity (Wildman–Crippen MR) is 71.4 cm³/mol. The molecule has 1 saturated heterocycles. The second kappa shape index (κ2) is 6.17. The zero-order valence-electron chi connectivity index (χ0n) is 10.3. The molecule has 0 aromatic carbocycles. The molecule has 1 aromatic rings. The van der Waals surface area contributed by atoms with Crippen LogP contribution < -0.4 is 10.6 Å². The van der Waals surface area contributed by atoms with Gasteiger partial charge in [-0.1, -0.05) is 0 Å². The molecule has 1 aromatic heterocycles. The maximum atomic E-state index is 11.9. The molecule has 1 aliphatic heterocycles. The Bertz CT molecular complexity index is 369. The first-order valence-corrected chi connectivity index (χ1v) is 7.16. The summed E-state index contributed by atoms with van der Waals surface area (Å²) in [6.45, 7) is 4.84. The molecule has 94 valence electrons. The summed E-state index contributed by atoms with van der Waals surface area (Å²) in [6.07, 6.45) is 2.91. The molecule has 0 unspecified atom stereocenters. The summed E-state index contributed by atoms with van der Waals surface area (Å²) in [5.41, 5.74) is 1.34. The quantitative estimate of drug-likeness (QED) is 0.856. The van der Waals surface area contributed by atoms with Crippen LogP contribution in [0, 0.1) is 12.8 Å². The Balaban J connectivity index is 1.71. The van der Waals surface area contributed by atoms with Gasteiger partial charge in [0.1, 0.15) is 0 Å². The number of piperidine rings is 1. The molecular weight excluding hydrogens is 232 g/mol. The van der Waals surface area contributed by atoms with E-state index in [1.807, 2.05) is 0 Å². The third-order valence-electron chi connectivity index (χ3n) is 3.33. The molecular formula is C13H20N2OS. The maximum absolute atomic E-state index is 11.9. The van der Waals surface area contributed by atoms with Crippen LogP contribution >= 0.6 is 11.3 Å². The van der Waals surface area contributed by atoms with Gasteiger partial charge in [-0.25, -0.2) is 0 Å². The normalized spacial score (nSPS) is 17.0. The lowest BCUT2D eigenvalue weighted by Gasteiger charge is -2.21. The molecule has 1 amide bonds. The summed E-state index contributed by atoms with van der Waals surface area (Å²) in [6, 6.07) is 2.13. The van der Waals surface area contributed by atoms with Crippen molar-refractivity contribution in [1.82, 2.24) is 10.6 Å². The molecule has 0 radical (unpaired) electrons. The summed E-state index contributed by atoms with van der Waals surface area (Å²) in [5, 5.41) is 8.45. The van der Waals surface area contributed by atoms with Gasteiger partial charge in [0.05, 0.1) is 0 Å². The van der Waals surface area contributed by atoms with Crippen LogP contribution in [0.4, 0.5) is 0 Å². The summed E-state index contributed by atoms with van der Waals surface area (Å²) in [4.78, 5) is 13.3. The fourth-order valence-corrected chi connectivity index (χ4v) is 3.10. The molecule has 0 bridgehead atoms. The first kappa shape index (κ1) is 12.6. The average molecular weight is 252 g/mol. The topological polar surface area (TPSA) is 41.1 Å². The summed E-state index contributed by atoms with van der Waals surface area (Å²) in [5.74, 6) is 0.460. The highest BCUT2D eigenvalue weighted by molar-refractivity contribution is 7.10. The minimum atomic E-state index is 0.223. The summed E-state index contributed by atoms with van der Waals surface area (Å²) in [7, 11) is 0. The monoisotopic (exact) mass is 252 g/mol. The van der Waals surface area contributed by atoms with Crippen LogP contribution in [0.25, 0.3) is 0 Å². The van der Waals surface area contributed by atoms with Gasteiger partial charge < -0.3 is 10.6 Å². The Labute approximate surface area is 107 Å². The van der Waals surface area contributed by atoms with E-state index >= 15 is 0 Å². The molecule has 0 atom stereocenters. The largest absolute Gasteiger partial charge is 0.355 e. The molecule has 2 heterocycles. The van der Waals surface area contributed by atoms with Gasteiger partial charge in [-0.2, -0.15) is 0 Å². The number of hydrogen-bond acceptors (Lipinski definition) is 3. The van der Waals surface area contributed by atoms with Gasteiger partial charge >= 0.3 is 0 Å². The van der Waals surface area contributed by atoms with E-state index in [9.17, 15) is 4.79 Å². The van der Waals surface area contributed by atoms with Crippen LogP contribution in [-0.4, -0.2) is 25.5 Å². The lowest BCUT2D eigenvalue weighted by atomic mass is 9.97. The number of thiophene rings is 1. The van der Waals surface area contributed by atoms with Crippen molar-refractivity contribution in [3.8, 4) is 0 Å². The fraction of sp³-hybridized carbons (Fsp3) is 0.615. The Kier molecular flexibility index (Phi) is 4.57. The second-order valence-corrected chi connectivity index (χ2v) is 5.59. The molecule has 2 N–H and O–H groups in total. The van der Waals surface area contributed by atoms with Gasteiger partial charge in [0.15, 0.2) is 0 Å². The molecule has 1 fully saturated rings. The SMILES string of the molecule is Cc1ccsc1CCNC(=O)C1CCNCC1. The van der Waals surface area contributed by atoms with E-state index in [-0.39, 0.29) is 11.8 Å². The smallest absolute Gasteiger partial charge is 0.223 e. The number of aryl methyl sites for hydroxylation is 1. The van der Waals surface area contributed by atoms with Crippen molar-refractivity contribution in [2.45, 2.75) is 26.2 Å². The molecule has 3 nitrogen and oxygen atoms in total. The highest BCUT2D eigenvalue weighted by Gasteiger charge is 2.20. The van der Waals surface area contributed by atoms with Crippen molar-refractivity contribution >= 4 is 17.2 Å². The molecule has 0 saturated carbocycles. The van der Waals surface area contributed by atoms with Gasteiger partial charge in [0.25, 0.3) is 0 Å². The number of carbonyl (C=O) groups excluding carboxylic acids is 1. The lowest BCUT2D eigenvalue weighted by Crippen LogP contribution is -2.38. The first-order chi connectivity index (χ1) is 8.27. The minimum Gasteiger partial charge on any atom is -0.355 e. The number of hydrogen-bond donors (Lipinski definition) is 2. The standard InChI is InChI=1S/C13H20N2OS/c1-10-5-9-17-12(10)4-8-15-13(16)11-2-6-14-7-3-11/h5,9,11,14H,2-4,6-8H2,1H3,(H,15,16). The van der Waals surface area contributed by atoms with Crippen molar-refractivity contribution in [3.05, 3.63) is 21.9 Å². The van der Waals surface area contributed by atoms with E-state index in [0.717, 1.165) is 38.9 Å². The van der Waals surface area contributed by atoms with Crippen molar-refractivity contribution in [2.75, 3.05) is 19.6 Å². The number of nitrogens with one attached hydrogen (secondary N) is 2. The predicted octanol–water partition coefficient (Wildman–Crippen LogP) is 1.71. The minimum absolute atomic E-state index is 0.223. The Morgan fingerprint density at radius 2 is 2.29 bits per heavy atom. The number of amides is 1. The van der Waals surface area contributed by atoms with E-state index in [4.69, 9.17) is 0 Å². The van der Waals surface area contributed by atoms with Gasteiger partial charge in [-0.05, 0) is 56.3 Å². The Hall–Kier alpha value is -0.870. The Morgan fingerprint density at radius 1 is 1.53 bits per heavy atom. The molecule has 0 aliphatic carbocycles. The van der Waals surface area contributed by atoms with Gasteiger partial charge in [-0.3, -0.25) is 4.79 Å². The van der Waals surface area contributed by atoms with Crippen molar-refractivity contribution in [1.29, 1.82) is 0 Å². The summed E-state index contributed by atoms with van der Waals surface area (Å²) < 4.78 is 0. The van der Waals surface area contributed by atoms with Crippen LogP contribution in [0.1, 0.15) is 23.3 Å². The molecule has 2 rings (SSSR count). The zero-order valence-corrected chi connectivity index (χ0v) is 11.1. The van der Waals surface area contributed by atoms with Crippen molar-refractivity contribution in [3.63, 3.8) is 0 Å². The maximum Gasteiger partial charge on any atom is 0.223 e. The van der Waals surface area contributed by atoms with Crippen molar-refractivity contribution < 1.29 is 4.79 Å². The van der Waals surface area contributed by atoms with Crippen LogP contribution in [0.3, 0.4) is 0 Å². The zero-order chi connectivity index (χ0) is 12.1. The fourth-order valence-electron chi connectivity index (χ4n) is 2.19. The molecule has 1 aliphatic rings. The van der Waals surface area contributed by atoms with Crippen LogP contribution in [0.15, 0.2) is 11.4 Å². The number of carbonyl (C=O) groups is 1. The highest BCUT2D eigenvalue weighted by atomic mass is 32.1. The molecule has 4 heteroatoms. The van der Waals surface area contributed by atoms with Crippen LogP contribution in [0.5, 0.6) is 0 Å². The lowest BCUT2D eigenvalue weighted by molar-refractivity contribution is -0.125. The molecule has 0 spiro atoms. The molecule has 17 heavy (non-hydrogen) atoms.